The molecular weight excluding hydrogens is 246 g/mol. The number of hydrogen-bond acceptors (Lipinski definition) is 3. The van der Waals surface area contributed by atoms with Gasteiger partial charge < -0.3 is 20.6 Å². The topological polar surface area (TPSA) is 81.7 Å². The summed E-state index contributed by atoms with van der Waals surface area (Å²) < 4.78 is 0. The van der Waals surface area contributed by atoms with Crippen LogP contribution in [0.4, 0.5) is 4.79 Å². The molecule has 0 bridgehead atoms. The molecule has 19 heavy (non-hydrogen) atoms. The van der Waals surface area contributed by atoms with Crippen molar-refractivity contribution in [1.29, 1.82) is 0 Å². The summed E-state index contributed by atoms with van der Waals surface area (Å²) in [4.78, 5) is 24.6. The van der Waals surface area contributed by atoms with E-state index in [1.165, 1.54) is 0 Å². The molecule has 6 nitrogen and oxygen atoms in total. The molecule has 0 saturated heterocycles. The largest absolute Gasteiger partial charge is 0.480 e. The van der Waals surface area contributed by atoms with Crippen LogP contribution < -0.4 is 10.6 Å². The van der Waals surface area contributed by atoms with Gasteiger partial charge in [-0.2, -0.15) is 0 Å². The van der Waals surface area contributed by atoms with Gasteiger partial charge in [0.2, 0.25) is 0 Å². The average molecular weight is 273 g/mol. The first kappa shape index (κ1) is 17.7. The predicted octanol–water partition coefficient (Wildman–Crippen LogP) is 1.13. The van der Waals surface area contributed by atoms with Crippen molar-refractivity contribution in [2.75, 3.05) is 27.2 Å². The van der Waals surface area contributed by atoms with E-state index in [9.17, 15) is 9.59 Å². The van der Waals surface area contributed by atoms with Crippen LogP contribution in [-0.2, 0) is 4.79 Å². The van der Waals surface area contributed by atoms with Gasteiger partial charge in [-0.3, -0.25) is 0 Å². The lowest BCUT2D eigenvalue weighted by atomic mass is 10.0. The third-order valence-electron chi connectivity index (χ3n) is 2.63. The molecule has 1 atom stereocenters. The fourth-order valence-corrected chi connectivity index (χ4v) is 1.66. The highest BCUT2D eigenvalue weighted by Gasteiger charge is 2.20. The van der Waals surface area contributed by atoms with Gasteiger partial charge >= 0.3 is 12.0 Å². The number of rotatable bonds is 9. The molecule has 0 aliphatic rings. The van der Waals surface area contributed by atoms with E-state index in [-0.39, 0.29) is 5.92 Å². The van der Waals surface area contributed by atoms with Crippen LogP contribution in [-0.4, -0.2) is 55.2 Å². The van der Waals surface area contributed by atoms with Gasteiger partial charge in [0.25, 0.3) is 0 Å². The van der Waals surface area contributed by atoms with E-state index in [0.29, 0.717) is 13.0 Å². The van der Waals surface area contributed by atoms with E-state index >= 15 is 0 Å². The average Bonchev–Trinajstić information content (AvgIpc) is 2.26. The van der Waals surface area contributed by atoms with Crippen LogP contribution in [0.3, 0.4) is 0 Å². The lowest BCUT2D eigenvalue weighted by molar-refractivity contribution is -0.139. The molecule has 0 fully saturated rings. The van der Waals surface area contributed by atoms with Gasteiger partial charge in [-0.25, -0.2) is 9.59 Å². The van der Waals surface area contributed by atoms with Crippen LogP contribution in [0, 0.1) is 5.92 Å². The molecule has 0 radical (unpaired) electrons. The molecule has 3 N–H and O–H groups in total. The molecule has 0 rings (SSSR count). The van der Waals surface area contributed by atoms with E-state index in [4.69, 9.17) is 5.11 Å². The first-order chi connectivity index (χ1) is 8.82. The Hall–Kier alpha value is -1.30. The lowest BCUT2D eigenvalue weighted by Crippen LogP contribution is -2.46. The maximum atomic E-state index is 11.5. The number of carbonyl (C=O) groups is 2. The number of urea groups is 1. The van der Waals surface area contributed by atoms with Crippen LogP contribution in [0.25, 0.3) is 0 Å². The molecule has 6 heteroatoms. The van der Waals surface area contributed by atoms with E-state index < -0.39 is 18.0 Å². The highest BCUT2D eigenvalue weighted by Crippen LogP contribution is 2.04. The minimum atomic E-state index is -0.989. The van der Waals surface area contributed by atoms with Crippen LogP contribution in [0.5, 0.6) is 0 Å². The van der Waals surface area contributed by atoms with Gasteiger partial charge in [0, 0.05) is 6.54 Å². The number of hydrogen-bond donors (Lipinski definition) is 3. The maximum Gasteiger partial charge on any atom is 0.326 e. The molecule has 0 aliphatic carbocycles. The molecule has 0 aliphatic heterocycles. The van der Waals surface area contributed by atoms with Gasteiger partial charge in [0.15, 0.2) is 0 Å². The smallest absolute Gasteiger partial charge is 0.326 e. The van der Waals surface area contributed by atoms with Crippen LogP contribution >= 0.6 is 0 Å². The monoisotopic (exact) mass is 273 g/mol. The van der Waals surface area contributed by atoms with E-state index in [0.717, 1.165) is 19.4 Å². The van der Waals surface area contributed by atoms with E-state index in [1.54, 1.807) is 0 Å². The molecule has 0 aromatic heterocycles. The van der Waals surface area contributed by atoms with Gasteiger partial charge in [0.1, 0.15) is 6.04 Å². The van der Waals surface area contributed by atoms with Gasteiger partial charge in [-0.05, 0) is 45.8 Å². The number of nitrogens with zero attached hydrogens (tertiary/aromatic N) is 1. The summed E-state index contributed by atoms with van der Waals surface area (Å²) in [7, 11) is 4.01. The molecule has 0 saturated carbocycles. The van der Waals surface area contributed by atoms with E-state index in [1.807, 2.05) is 27.9 Å². The Kier molecular flexibility index (Phi) is 8.95. The molecule has 0 unspecified atom stereocenters. The zero-order chi connectivity index (χ0) is 14.8. The fraction of sp³-hybridized carbons (Fsp3) is 0.846. The number of amides is 2. The van der Waals surface area contributed by atoms with Crippen molar-refractivity contribution in [2.45, 2.75) is 39.2 Å². The second-order valence-electron chi connectivity index (χ2n) is 5.43. The second-order valence-corrected chi connectivity index (χ2v) is 5.43. The van der Waals surface area contributed by atoms with Crippen molar-refractivity contribution in [3.63, 3.8) is 0 Å². The predicted molar refractivity (Wildman–Crippen MR) is 75.2 cm³/mol. The zero-order valence-electron chi connectivity index (χ0n) is 12.4. The maximum absolute atomic E-state index is 11.5. The zero-order valence-corrected chi connectivity index (χ0v) is 12.4. The minimum Gasteiger partial charge on any atom is -0.480 e. The third-order valence-corrected chi connectivity index (χ3v) is 2.63. The second kappa shape index (κ2) is 9.61. The molecule has 0 aromatic rings. The van der Waals surface area contributed by atoms with Crippen LogP contribution in [0.1, 0.15) is 33.1 Å². The summed E-state index contributed by atoms with van der Waals surface area (Å²) in [6.45, 7) is 5.40. The van der Waals surface area contributed by atoms with Crippen molar-refractivity contribution in [1.82, 2.24) is 15.5 Å². The van der Waals surface area contributed by atoms with Gasteiger partial charge in [0.05, 0.1) is 0 Å². The minimum absolute atomic E-state index is 0.224. The van der Waals surface area contributed by atoms with Crippen molar-refractivity contribution < 1.29 is 14.7 Å². The summed E-state index contributed by atoms with van der Waals surface area (Å²) in [6.07, 6.45) is 2.32. The Morgan fingerprint density at radius 2 is 1.84 bits per heavy atom. The van der Waals surface area contributed by atoms with Crippen molar-refractivity contribution >= 4 is 12.0 Å². The first-order valence-corrected chi connectivity index (χ1v) is 6.74. The van der Waals surface area contributed by atoms with Crippen molar-refractivity contribution in [3.8, 4) is 0 Å². The lowest BCUT2D eigenvalue weighted by Gasteiger charge is -2.17. The normalized spacial score (nSPS) is 12.5. The number of carbonyl (C=O) groups excluding carboxylic acids is 1. The number of carboxylic acid groups (broad SMARTS) is 1. The van der Waals surface area contributed by atoms with Crippen molar-refractivity contribution in [3.05, 3.63) is 0 Å². The molecular formula is C13H27N3O3. The Labute approximate surface area is 115 Å². The summed E-state index contributed by atoms with van der Waals surface area (Å²) in [5.74, 6) is -0.766. The molecule has 0 spiro atoms. The molecule has 0 aromatic carbocycles. The SMILES string of the molecule is CC(C)C[C@H](NC(=O)NCCCCN(C)C)C(=O)O. The van der Waals surface area contributed by atoms with Gasteiger partial charge in [-0.15, -0.1) is 0 Å². The Balaban J connectivity index is 3.84. The quantitative estimate of drug-likeness (QED) is 0.550. The van der Waals surface area contributed by atoms with Crippen LogP contribution in [0.15, 0.2) is 0 Å². The standard InChI is InChI=1S/C13H27N3O3/c1-10(2)9-11(12(17)18)15-13(19)14-7-5-6-8-16(3)4/h10-11H,5-9H2,1-4H3,(H,17,18)(H2,14,15,19)/t11-/m0/s1. The Morgan fingerprint density at radius 1 is 1.21 bits per heavy atom. The Morgan fingerprint density at radius 3 is 2.32 bits per heavy atom. The molecule has 2 amide bonds. The first-order valence-electron chi connectivity index (χ1n) is 6.74. The number of carboxylic acids is 1. The third kappa shape index (κ3) is 10.3. The molecule has 0 heterocycles. The summed E-state index contributed by atoms with van der Waals surface area (Å²) in [5.41, 5.74) is 0. The number of unbranched alkanes of at least 4 members (excludes halogenated alkanes) is 1. The number of nitrogens with one attached hydrogen (secondary N) is 2. The van der Waals surface area contributed by atoms with Crippen LogP contribution in [0.2, 0.25) is 0 Å². The Bertz CT molecular complexity index is 280. The summed E-state index contributed by atoms with van der Waals surface area (Å²) in [5, 5.41) is 14.2. The highest BCUT2D eigenvalue weighted by atomic mass is 16.4. The highest BCUT2D eigenvalue weighted by molar-refractivity contribution is 5.82. The summed E-state index contributed by atoms with van der Waals surface area (Å²) >= 11 is 0. The fourth-order valence-electron chi connectivity index (χ4n) is 1.66. The van der Waals surface area contributed by atoms with Crippen molar-refractivity contribution in [2.24, 2.45) is 5.92 Å². The molecule has 112 valence electrons. The van der Waals surface area contributed by atoms with Gasteiger partial charge in [-0.1, -0.05) is 13.8 Å². The summed E-state index contributed by atoms with van der Waals surface area (Å²) in [6, 6.07) is -1.22. The number of aliphatic carboxylic acids is 1. The van der Waals surface area contributed by atoms with E-state index in [2.05, 4.69) is 15.5 Å².